The molecule has 1 aliphatic heterocycles. The van der Waals surface area contributed by atoms with Gasteiger partial charge in [-0.2, -0.15) is 0 Å². The SMILES string of the molecule is CN=C(NCCCOCC1CCOCC1)NCC1(CCOC)CCCC1.I. The van der Waals surface area contributed by atoms with Crippen LogP contribution in [0.25, 0.3) is 0 Å². The number of rotatable bonds is 11. The zero-order valence-corrected chi connectivity index (χ0v) is 19.6. The predicted octanol–water partition coefficient (Wildman–Crippen LogP) is 3.20. The predicted molar refractivity (Wildman–Crippen MR) is 121 cm³/mol. The molecule has 1 saturated heterocycles. The van der Waals surface area contributed by atoms with Crippen molar-refractivity contribution in [3.05, 3.63) is 0 Å². The Labute approximate surface area is 182 Å². The number of nitrogens with zero attached hydrogens (tertiary/aromatic N) is 1. The van der Waals surface area contributed by atoms with E-state index in [-0.39, 0.29) is 24.0 Å². The largest absolute Gasteiger partial charge is 0.385 e. The maximum absolute atomic E-state index is 5.82. The van der Waals surface area contributed by atoms with Crippen LogP contribution in [0.4, 0.5) is 0 Å². The van der Waals surface area contributed by atoms with Gasteiger partial charge in [0.15, 0.2) is 5.96 Å². The maximum atomic E-state index is 5.82. The molecule has 0 spiro atoms. The molecule has 2 N–H and O–H groups in total. The highest BCUT2D eigenvalue weighted by atomic mass is 127. The topological polar surface area (TPSA) is 64.1 Å². The van der Waals surface area contributed by atoms with Crippen molar-refractivity contribution in [1.29, 1.82) is 0 Å². The van der Waals surface area contributed by atoms with Crippen LogP contribution in [0.15, 0.2) is 4.99 Å². The lowest BCUT2D eigenvalue weighted by Gasteiger charge is -2.30. The highest BCUT2D eigenvalue weighted by Gasteiger charge is 2.33. The van der Waals surface area contributed by atoms with Crippen molar-refractivity contribution in [3.8, 4) is 0 Å². The lowest BCUT2D eigenvalue weighted by Crippen LogP contribution is -2.43. The molecule has 0 aromatic heterocycles. The summed E-state index contributed by atoms with van der Waals surface area (Å²) in [5.41, 5.74) is 0.375. The first kappa shape index (κ1) is 24.9. The quantitative estimate of drug-likeness (QED) is 0.199. The fourth-order valence-electron chi connectivity index (χ4n) is 3.99. The van der Waals surface area contributed by atoms with E-state index in [2.05, 4.69) is 15.6 Å². The van der Waals surface area contributed by atoms with Crippen LogP contribution in [-0.2, 0) is 14.2 Å². The van der Waals surface area contributed by atoms with E-state index in [4.69, 9.17) is 14.2 Å². The third-order valence-electron chi connectivity index (χ3n) is 5.81. The van der Waals surface area contributed by atoms with Crippen molar-refractivity contribution in [2.75, 3.05) is 60.3 Å². The molecule has 2 fully saturated rings. The van der Waals surface area contributed by atoms with E-state index in [1.165, 1.54) is 25.7 Å². The maximum Gasteiger partial charge on any atom is 0.190 e. The molecule has 0 atom stereocenters. The van der Waals surface area contributed by atoms with Crippen LogP contribution in [0, 0.1) is 11.3 Å². The van der Waals surface area contributed by atoms with Crippen LogP contribution < -0.4 is 10.6 Å². The molecule has 27 heavy (non-hydrogen) atoms. The molecule has 0 amide bonds. The number of guanidine groups is 1. The fraction of sp³-hybridized carbons (Fsp3) is 0.950. The Kier molecular flexibility index (Phi) is 13.7. The summed E-state index contributed by atoms with van der Waals surface area (Å²) >= 11 is 0. The average Bonchev–Trinajstić information content (AvgIpc) is 3.15. The van der Waals surface area contributed by atoms with Crippen molar-refractivity contribution in [2.24, 2.45) is 16.3 Å². The molecule has 0 bridgehead atoms. The van der Waals surface area contributed by atoms with Gasteiger partial charge in [0.2, 0.25) is 0 Å². The molecule has 0 unspecified atom stereocenters. The third kappa shape index (κ3) is 9.76. The van der Waals surface area contributed by atoms with Gasteiger partial charge in [0.1, 0.15) is 0 Å². The molecule has 0 radical (unpaired) electrons. The van der Waals surface area contributed by atoms with Crippen LogP contribution >= 0.6 is 24.0 Å². The smallest absolute Gasteiger partial charge is 0.190 e. The highest BCUT2D eigenvalue weighted by molar-refractivity contribution is 14.0. The molecule has 7 heteroatoms. The highest BCUT2D eigenvalue weighted by Crippen LogP contribution is 2.40. The Morgan fingerprint density at radius 3 is 2.56 bits per heavy atom. The lowest BCUT2D eigenvalue weighted by molar-refractivity contribution is 0.0203. The Morgan fingerprint density at radius 1 is 1.15 bits per heavy atom. The van der Waals surface area contributed by atoms with Gasteiger partial charge in [-0.1, -0.05) is 12.8 Å². The van der Waals surface area contributed by atoms with E-state index in [1.807, 2.05) is 7.05 Å². The number of aliphatic imine (C=N–C) groups is 1. The normalized spacial score (nSPS) is 20.3. The first-order valence-electron chi connectivity index (χ1n) is 10.4. The van der Waals surface area contributed by atoms with E-state index in [0.29, 0.717) is 11.3 Å². The minimum absolute atomic E-state index is 0. The van der Waals surface area contributed by atoms with Crippen LogP contribution in [0.3, 0.4) is 0 Å². The number of methoxy groups -OCH3 is 1. The van der Waals surface area contributed by atoms with Crippen LogP contribution in [-0.4, -0.2) is 66.2 Å². The Balaban J connectivity index is 0.00000364. The van der Waals surface area contributed by atoms with Crippen LogP contribution in [0.1, 0.15) is 51.4 Å². The van der Waals surface area contributed by atoms with Gasteiger partial charge in [-0.05, 0) is 49.9 Å². The van der Waals surface area contributed by atoms with Crippen molar-refractivity contribution in [1.82, 2.24) is 10.6 Å². The second-order valence-corrected chi connectivity index (χ2v) is 7.79. The fourth-order valence-corrected chi connectivity index (χ4v) is 3.99. The van der Waals surface area contributed by atoms with E-state index >= 15 is 0 Å². The molecule has 2 aliphatic rings. The van der Waals surface area contributed by atoms with Gasteiger partial charge >= 0.3 is 0 Å². The minimum atomic E-state index is 0. The monoisotopic (exact) mass is 497 g/mol. The van der Waals surface area contributed by atoms with Gasteiger partial charge in [0, 0.05) is 60.3 Å². The number of ether oxygens (including phenoxy) is 3. The second kappa shape index (κ2) is 14.8. The molecule has 0 aromatic carbocycles. The molecule has 0 aromatic rings. The average molecular weight is 497 g/mol. The zero-order chi connectivity index (χ0) is 18.5. The van der Waals surface area contributed by atoms with Crippen LogP contribution in [0.5, 0.6) is 0 Å². The van der Waals surface area contributed by atoms with E-state index < -0.39 is 0 Å². The second-order valence-electron chi connectivity index (χ2n) is 7.79. The van der Waals surface area contributed by atoms with Gasteiger partial charge < -0.3 is 24.8 Å². The van der Waals surface area contributed by atoms with Crippen molar-refractivity contribution >= 4 is 29.9 Å². The summed E-state index contributed by atoms with van der Waals surface area (Å²) in [5, 5.41) is 6.95. The zero-order valence-electron chi connectivity index (χ0n) is 17.3. The summed E-state index contributed by atoms with van der Waals surface area (Å²) in [5.74, 6) is 1.58. The summed E-state index contributed by atoms with van der Waals surface area (Å²) in [4.78, 5) is 4.36. The Hall–Kier alpha value is -0.120. The molecule has 6 nitrogen and oxygen atoms in total. The molecule has 1 heterocycles. The summed E-state index contributed by atoms with van der Waals surface area (Å²) in [6.07, 6.45) is 9.66. The third-order valence-corrected chi connectivity index (χ3v) is 5.81. The molecule has 1 aliphatic carbocycles. The first-order valence-corrected chi connectivity index (χ1v) is 10.4. The van der Waals surface area contributed by atoms with Crippen molar-refractivity contribution in [2.45, 2.75) is 51.4 Å². The van der Waals surface area contributed by atoms with Gasteiger partial charge in [0.05, 0.1) is 0 Å². The number of hydrogen-bond acceptors (Lipinski definition) is 4. The van der Waals surface area contributed by atoms with Crippen LogP contribution in [0.2, 0.25) is 0 Å². The summed E-state index contributed by atoms with van der Waals surface area (Å²) < 4.78 is 16.5. The molecular formula is C20H40IN3O3. The molecule has 2 rings (SSSR count). The Morgan fingerprint density at radius 2 is 1.89 bits per heavy atom. The van der Waals surface area contributed by atoms with E-state index in [0.717, 1.165) is 77.8 Å². The lowest BCUT2D eigenvalue weighted by atomic mass is 9.83. The number of hydrogen-bond donors (Lipinski definition) is 2. The van der Waals surface area contributed by atoms with Gasteiger partial charge in [0.25, 0.3) is 0 Å². The van der Waals surface area contributed by atoms with E-state index in [9.17, 15) is 0 Å². The van der Waals surface area contributed by atoms with Crippen molar-refractivity contribution in [3.63, 3.8) is 0 Å². The summed E-state index contributed by atoms with van der Waals surface area (Å²) in [6, 6.07) is 0. The Bertz CT molecular complexity index is 398. The van der Waals surface area contributed by atoms with Gasteiger partial charge in [-0.3, -0.25) is 4.99 Å². The van der Waals surface area contributed by atoms with E-state index in [1.54, 1.807) is 7.11 Å². The number of halogens is 1. The summed E-state index contributed by atoms with van der Waals surface area (Å²) in [6.45, 7) is 6.18. The molecule has 1 saturated carbocycles. The first-order chi connectivity index (χ1) is 12.8. The van der Waals surface area contributed by atoms with Gasteiger partial charge in [-0.25, -0.2) is 0 Å². The summed E-state index contributed by atoms with van der Waals surface area (Å²) in [7, 11) is 3.63. The molecular weight excluding hydrogens is 457 g/mol. The molecule has 160 valence electrons. The standard InChI is InChI=1S/C20H39N3O3.HI/c1-21-19(23-17-20(10-15-24-2)8-3-4-9-20)22-11-5-12-26-16-18-6-13-25-14-7-18;/h18H,3-17H2,1-2H3,(H2,21,22,23);1H. The van der Waals surface area contributed by atoms with Gasteiger partial charge in [-0.15, -0.1) is 24.0 Å². The van der Waals surface area contributed by atoms with Crippen molar-refractivity contribution < 1.29 is 14.2 Å². The minimum Gasteiger partial charge on any atom is -0.385 e. The number of nitrogens with one attached hydrogen (secondary N) is 2.